The molecule has 0 aliphatic carbocycles. The molecule has 2 amide bonds. The summed E-state index contributed by atoms with van der Waals surface area (Å²) in [7, 11) is 0. The molecular weight excluding hydrogens is 254 g/mol. The van der Waals surface area contributed by atoms with Crippen LogP contribution in [0.1, 0.15) is 17.5 Å². The lowest BCUT2D eigenvalue weighted by Gasteiger charge is -2.12. The lowest BCUT2D eigenvalue weighted by Crippen LogP contribution is -2.42. The van der Waals surface area contributed by atoms with Gasteiger partial charge in [-0.25, -0.2) is 4.79 Å². The third-order valence-corrected chi connectivity index (χ3v) is 2.98. The normalized spacial score (nSPS) is 17.1. The fraction of sp³-hybridized carbons (Fsp3) is 0.400. The Morgan fingerprint density at radius 1 is 1.50 bits per heavy atom. The van der Waals surface area contributed by atoms with Crippen molar-refractivity contribution in [1.82, 2.24) is 10.6 Å². The number of hydrogen-bond donors (Lipinski definition) is 3. The van der Waals surface area contributed by atoms with Crippen molar-refractivity contribution in [2.75, 3.05) is 19.8 Å². The molecule has 4 N–H and O–H groups in total. The van der Waals surface area contributed by atoms with Crippen molar-refractivity contribution in [3.05, 3.63) is 35.4 Å². The van der Waals surface area contributed by atoms with Gasteiger partial charge in [-0.1, -0.05) is 24.0 Å². The minimum absolute atomic E-state index is 0.122. The van der Waals surface area contributed by atoms with Crippen LogP contribution in [0.4, 0.5) is 4.79 Å². The van der Waals surface area contributed by atoms with Gasteiger partial charge in [-0.15, -0.1) is 0 Å². The molecule has 1 atom stereocenters. The molecular formula is C15H19N3O2. The van der Waals surface area contributed by atoms with E-state index in [1.807, 2.05) is 24.3 Å². The molecule has 0 spiro atoms. The number of nitrogens with one attached hydrogen (secondary N) is 2. The molecule has 1 aliphatic rings. The molecule has 5 heteroatoms. The summed E-state index contributed by atoms with van der Waals surface area (Å²) in [6.07, 6.45) is 0.873. The second-order valence-electron chi connectivity index (χ2n) is 4.59. The van der Waals surface area contributed by atoms with Gasteiger partial charge in [-0.2, -0.15) is 0 Å². The second kappa shape index (κ2) is 7.53. The highest BCUT2D eigenvalue weighted by molar-refractivity contribution is 5.74. The van der Waals surface area contributed by atoms with E-state index < -0.39 is 0 Å². The van der Waals surface area contributed by atoms with E-state index >= 15 is 0 Å². The van der Waals surface area contributed by atoms with Crippen LogP contribution in [-0.4, -0.2) is 31.8 Å². The van der Waals surface area contributed by atoms with Gasteiger partial charge in [0.1, 0.15) is 0 Å². The summed E-state index contributed by atoms with van der Waals surface area (Å²) in [4.78, 5) is 11.7. The lowest BCUT2D eigenvalue weighted by atomic mass is 10.1. The molecule has 0 bridgehead atoms. The first kappa shape index (κ1) is 14.4. The van der Waals surface area contributed by atoms with Crippen LogP contribution in [0, 0.1) is 11.8 Å². The third kappa shape index (κ3) is 4.57. The molecule has 106 valence electrons. The molecule has 5 nitrogen and oxygen atoms in total. The molecule has 1 fully saturated rings. The first-order valence-electron chi connectivity index (χ1n) is 6.68. The fourth-order valence-electron chi connectivity index (χ4n) is 1.98. The summed E-state index contributed by atoms with van der Waals surface area (Å²) in [6.45, 7) is 2.12. The van der Waals surface area contributed by atoms with Gasteiger partial charge in [-0.3, -0.25) is 0 Å². The Morgan fingerprint density at radius 2 is 2.40 bits per heavy atom. The summed E-state index contributed by atoms with van der Waals surface area (Å²) in [6, 6.07) is 7.69. The van der Waals surface area contributed by atoms with E-state index in [9.17, 15) is 4.79 Å². The van der Waals surface area contributed by atoms with Gasteiger partial charge >= 0.3 is 6.03 Å². The van der Waals surface area contributed by atoms with Crippen molar-refractivity contribution < 1.29 is 9.53 Å². The SMILES string of the molecule is NCC#Cc1cccc(CNC(=O)NC2CCOC2)c1. The maximum atomic E-state index is 11.7. The predicted molar refractivity (Wildman–Crippen MR) is 77.0 cm³/mol. The first-order valence-corrected chi connectivity index (χ1v) is 6.68. The minimum Gasteiger partial charge on any atom is -0.379 e. The van der Waals surface area contributed by atoms with Crippen LogP contribution in [0.3, 0.4) is 0 Å². The van der Waals surface area contributed by atoms with Crippen LogP contribution in [0.15, 0.2) is 24.3 Å². The molecule has 0 saturated carbocycles. The number of carbonyl (C=O) groups is 1. The van der Waals surface area contributed by atoms with Crippen molar-refractivity contribution in [2.24, 2.45) is 5.73 Å². The van der Waals surface area contributed by atoms with Crippen LogP contribution in [-0.2, 0) is 11.3 Å². The average Bonchev–Trinajstić information content (AvgIpc) is 2.96. The van der Waals surface area contributed by atoms with Crippen LogP contribution >= 0.6 is 0 Å². The molecule has 1 unspecified atom stereocenters. The van der Waals surface area contributed by atoms with Crippen molar-refractivity contribution in [3.8, 4) is 11.8 Å². The Kier molecular flexibility index (Phi) is 5.42. The van der Waals surface area contributed by atoms with Crippen LogP contribution in [0.2, 0.25) is 0 Å². The topological polar surface area (TPSA) is 76.4 Å². The van der Waals surface area contributed by atoms with Gasteiger partial charge in [-0.05, 0) is 24.1 Å². The number of ether oxygens (including phenoxy) is 1. The van der Waals surface area contributed by atoms with E-state index in [2.05, 4.69) is 22.5 Å². The molecule has 1 saturated heterocycles. The molecule has 1 aromatic rings. The zero-order chi connectivity index (χ0) is 14.2. The number of carbonyl (C=O) groups excluding carboxylic acids is 1. The quantitative estimate of drug-likeness (QED) is 0.705. The highest BCUT2D eigenvalue weighted by Crippen LogP contribution is 2.05. The summed E-state index contributed by atoms with van der Waals surface area (Å²) in [5, 5.41) is 5.71. The van der Waals surface area contributed by atoms with Crippen molar-refractivity contribution in [1.29, 1.82) is 0 Å². The summed E-state index contributed by atoms with van der Waals surface area (Å²) < 4.78 is 5.21. The number of rotatable bonds is 3. The van der Waals surface area contributed by atoms with Gasteiger partial charge in [0.25, 0.3) is 0 Å². The van der Waals surface area contributed by atoms with E-state index in [0.717, 1.165) is 17.5 Å². The van der Waals surface area contributed by atoms with Crippen molar-refractivity contribution >= 4 is 6.03 Å². The minimum atomic E-state index is -0.168. The van der Waals surface area contributed by atoms with Gasteiger partial charge in [0, 0.05) is 18.7 Å². The lowest BCUT2D eigenvalue weighted by molar-refractivity contribution is 0.188. The van der Waals surface area contributed by atoms with Gasteiger partial charge < -0.3 is 21.1 Å². The Morgan fingerprint density at radius 3 is 3.15 bits per heavy atom. The molecule has 1 aliphatic heterocycles. The van der Waals surface area contributed by atoms with Crippen LogP contribution < -0.4 is 16.4 Å². The standard InChI is InChI=1S/C15H19N3O2/c16-7-2-5-12-3-1-4-13(9-12)10-17-15(19)18-14-6-8-20-11-14/h1,3-4,9,14H,6-8,10-11,16H2,(H2,17,18,19). The number of benzene rings is 1. The number of nitrogens with two attached hydrogens (primary N) is 1. The van der Waals surface area contributed by atoms with E-state index in [0.29, 0.717) is 26.3 Å². The van der Waals surface area contributed by atoms with Crippen molar-refractivity contribution in [2.45, 2.75) is 19.0 Å². The van der Waals surface area contributed by atoms with Gasteiger partial charge in [0.15, 0.2) is 0 Å². The number of amides is 2. The van der Waals surface area contributed by atoms with Crippen LogP contribution in [0.5, 0.6) is 0 Å². The fourth-order valence-corrected chi connectivity index (χ4v) is 1.98. The Hall–Kier alpha value is -2.03. The predicted octanol–water partition coefficient (Wildman–Crippen LogP) is 0.585. The average molecular weight is 273 g/mol. The van der Waals surface area contributed by atoms with E-state index in [1.165, 1.54) is 0 Å². The molecule has 1 heterocycles. The first-order chi connectivity index (χ1) is 9.78. The zero-order valence-electron chi connectivity index (χ0n) is 11.3. The van der Waals surface area contributed by atoms with Gasteiger partial charge in [0.05, 0.1) is 19.2 Å². The van der Waals surface area contributed by atoms with E-state index in [4.69, 9.17) is 10.5 Å². The maximum absolute atomic E-state index is 11.7. The largest absolute Gasteiger partial charge is 0.379 e. The summed E-state index contributed by atoms with van der Waals surface area (Å²) in [5.74, 6) is 5.78. The Bertz CT molecular complexity index is 513. The Balaban J connectivity index is 1.82. The van der Waals surface area contributed by atoms with Gasteiger partial charge in [0.2, 0.25) is 0 Å². The highest BCUT2D eigenvalue weighted by atomic mass is 16.5. The van der Waals surface area contributed by atoms with E-state index in [1.54, 1.807) is 0 Å². The van der Waals surface area contributed by atoms with Crippen molar-refractivity contribution in [3.63, 3.8) is 0 Å². The van der Waals surface area contributed by atoms with E-state index in [-0.39, 0.29) is 12.1 Å². The second-order valence-corrected chi connectivity index (χ2v) is 4.59. The Labute approximate surface area is 118 Å². The molecule has 0 radical (unpaired) electrons. The molecule has 1 aromatic carbocycles. The van der Waals surface area contributed by atoms with Crippen LogP contribution in [0.25, 0.3) is 0 Å². The smallest absolute Gasteiger partial charge is 0.315 e. The summed E-state index contributed by atoms with van der Waals surface area (Å²) in [5.41, 5.74) is 7.25. The summed E-state index contributed by atoms with van der Waals surface area (Å²) >= 11 is 0. The highest BCUT2D eigenvalue weighted by Gasteiger charge is 2.17. The maximum Gasteiger partial charge on any atom is 0.315 e. The number of urea groups is 1. The molecule has 2 rings (SSSR count). The number of hydrogen-bond acceptors (Lipinski definition) is 3. The zero-order valence-corrected chi connectivity index (χ0v) is 11.3. The molecule has 0 aromatic heterocycles. The monoisotopic (exact) mass is 273 g/mol. The third-order valence-electron chi connectivity index (χ3n) is 2.98. The molecule has 20 heavy (non-hydrogen) atoms.